The van der Waals surface area contributed by atoms with Crippen molar-refractivity contribution in [1.82, 2.24) is 15.2 Å². The van der Waals surface area contributed by atoms with Crippen LogP contribution >= 0.6 is 0 Å². The summed E-state index contributed by atoms with van der Waals surface area (Å²) >= 11 is 0. The van der Waals surface area contributed by atoms with Gasteiger partial charge in [0.05, 0.1) is 11.1 Å². The van der Waals surface area contributed by atoms with Crippen LogP contribution < -0.4 is 10.7 Å². The molecule has 28 heavy (non-hydrogen) atoms. The van der Waals surface area contributed by atoms with Crippen LogP contribution in [0.15, 0.2) is 47.3 Å². The number of hydrogen-bond donors (Lipinski definition) is 2. The van der Waals surface area contributed by atoms with Gasteiger partial charge in [-0.1, -0.05) is 12.1 Å². The predicted molar refractivity (Wildman–Crippen MR) is 109 cm³/mol. The number of aromatic nitrogens is 1. The van der Waals surface area contributed by atoms with Crippen molar-refractivity contribution in [2.24, 2.45) is 0 Å². The number of pyridine rings is 1. The first kappa shape index (κ1) is 19.4. The molecule has 0 aliphatic carbocycles. The lowest BCUT2D eigenvalue weighted by Crippen LogP contribution is -2.48. The number of para-hydroxylation sites is 1. The summed E-state index contributed by atoms with van der Waals surface area (Å²) in [4.78, 5) is 41.4. The third-order valence-electron chi connectivity index (χ3n) is 4.34. The van der Waals surface area contributed by atoms with Gasteiger partial charge in [0.15, 0.2) is 5.43 Å². The fourth-order valence-electron chi connectivity index (χ4n) is 2.85. The zero-order valence-corrected chi connectivity index (χ0v) is 16.3. The SMILES string of the molecule is CN(C)C(=O)OCC(C)(C)NC(=O)c1ccc2c(=O)c3ccccc3[nH]c2c1. The average molecular weight is 381 g/mol. The lowest BCUT2D eigenvalue weighted by atomic mass is 10.0. The Labute approximate surface area is 162 Å². The number of hydrogen-bond acceptors (Lipinski definition) is 4. The van der Waals surface area contributed by atoms with Crippen LogP contribution in [0.4, 0.5) is 4.79 Å². The molecule has 0 atom stereocenters. The molecule has 0 aliphatic heterocycles. The van der Waals surface area contributed by atoms with Crippen molar-refractivity contribution < 1.29 is 14.3 Å². The number of fused-ring (bicyclic) bond motifs is 2. The van der Waals surface area contributed by atoms with E-state index in [0.29, 0.717) is 27.4 Å². The van der Waals surface area contributed by atoms with Crippen molar-refractivity contribution in [1.29, 1.82) is 0 Å². The summed E-state index contributed by atoms with van der Waals surface area (Å²) in [5, 5.41) is 3.99. The number of H-pyrrole nitrogens is 1. The molecule has 146 valence electrons. The molecular formula is C21H23N3O4. The lowest BCUT2D eigenvalue weighted by molar-refractivity contribution is 0.0753. The first-order valence-corrected chi connectivity index (χ1v) is 8.89. The molecule has 2 N–H and O–H groups in total. The molecular weight excluding hydrogens is 358 g/mol. The van der Waals surface area contributed by atoms with E-state index in [-0.39, 0.29) is 17.9 Å². The summed E-state index contributed by atoms with van der Waals surface area (Å²) in [6.07, 6.45) is -0.475. The van der Waals surface area contributed by atoms with E-state index >= 15 is 0 Å². The molecule has 7 heteroatoms. The van der Waals surface area contributed by atoms with Crippen LogP contribution in [0.3, 0.4) is 0 Å². The number of nitrogens with one attached hydrogen (secondary N) is 2. The molecule has 0 bridgehead atoms. The minimum atomic E-state index is -0.755. The van der Waals surface area contributed by atoms with Crippen molar-refractivity contribution in [2.45, 2.75) is 19.4 Å². The standard InChI is InChI=1S/C21H23N3O4/c1-21(2,12-28-20(27)24(3)4)23-19(26)13-9-10-15-17(11-13)22-16-8-6-5-7-14(16)18(15)25/h5-11H,12H2,1-4H3,(H,22,25)(H,23,26). The van der Waals surface area contributed by atoms with Crippen LogP contribution in [0.2, 0.25) is 0 Å². The number of nitrogens with zero attached hydrogens (tertiary/aromatic N) is 1. The molecule has 2 aromatic carbocycles. The highest BCUT2D eigenvalue weighted by Gasteiger charge is 2.24. The maximum Gasteiger partial charge on any atom is 0.409 e. The van der Waals surface area contributed by atoms with Crippen LogP contribution in [0.25, 0.3) is 21.8 Å². The Bertz CT molecular complexity index is 1120. The van der Waals surface area contributed by atoms with Crippen LogP contribution in [0, 0.1) is 0 Å². The van der Waals surface area contributed by atoms with Gasteiger partial charge in [-0.25, -0.2) is 4.79 Å². The Balaban J connectivity index is 1.85. The van der Waals surface area contributed by atoms with Crippen molar-refractivity contribution >= 4 is 33.8 Å². The second-order valence-corrected chi connectivity index (χ2v) is 7.55. The van der Waals surface area contributed by atoms with E-state index < -0.39 is 11.6 Å². The molecule has 3 aromatic rings. The highest BCUT2D eigenvalue weighted by molar-refractivity contribution is 6.00. The molecule has 2 amide bonds. The molecule has 0 aliphatic rings. The minimum Gasteiger partial charge on any atom is -0.447 e. The number of ether oxygens (including phenoxy) is 1. The van der Waals surface area contributed by atoms with Gasteiger partial charge < -0.3 is 19.9 Å². The van der Waals surface area contributed by atoms with E-state index in [2.05, 4.69) is 10.3 Å². The topological polar surface area (TPSA) is 91.5 Å². The Kier molecular flexibility index (Phi) is 5.09. The quantitative estimate of drug-likeness (QED) is 0.680. The summed E-state index contributed by atoms with van der Waals surface area (Å²) in [5.41, 5.74) is 0.883. The van der Waals surface area contributed by atoms with E-state index in [1.165, 1.54) is 4.90 Å². The molecule has 1 heterocycles. The van der Waals surface area contributed by atoms with Crippen molar-refractivity contribution in [3.05, 3.63) is 58.3 Å². The van der Waals surface area contributed by atoms with E-state index in [4.69, 9.17) is 4.74 Å². The fourth-order valence-corrected chi connectivity index (χ4v) is 2.85. The van der Waals surface area contributed by atoms with Gasteiger partial charge >= 0.3 is 6.09 Å². The first-order valence-electron chi connectivity index (χ1n) is 8.89. The monoisotopic (exact) mass is 381 g/mol. The predicted octanol–water partition coefficient (Wildman–Crippen LogP) is 2.89. The Hall–Kier alpha value is -3.35. The van der Waals surface area contributed by atoms with Gasteiger partial charge in [0.1, 0.15) is 6.61 Å². The van der Waals surface area contributed by atoms with Gasteiger partial charge in [-0.2, -0.15) is 0 Å². The van der Waals surface area contributed by atoms with Gasteiger partial charge in [-0.3, -0.25) is 9.59 Å². The fraction of sp³-hybridized carbons (Fsp3) is 0.286. The zero-order chi connectivity index (χ0) is 20.5. The van der Waals surface area contributed by atoms with Gasteiger partial charge in [0, 0.05) is 35.9 Å². The summed E-state index contributed by atoms with van der Waals surface area (Å²) in [6.45, 7) is 3.57. The maximum absolute atomic E-state index is 12.7. The summed E-state index contributed by atoms with van der Waals surface area (Å²) in [5.74, 6) is -0.318. The second kappa shape index (κ2) is 7.34. The number of benzene rings is 2. The summed E-state index contributed by atoms with van der Waals surface area (Å²) in [6, 6.07) is 12.2. The molecule has 0 saturated carbocycles. The van der Waals surface area contributed by atoms with Gasteiger partial charge in [0.2, 0.25) is 0 Å². The van der Waals surface area contributed by atoms with Crippen molar-refractivity contribution in [3.8, 4) is 0 Å². The Morgan fingerprint density at radius 3 is 2.46 bits per heavy atom. The first-order chi connectivity index (χ1) is 13.2. The molecule has 0 fully saturated rings. The highest BCUT2D eigenvalue weighted by atomic mass is 16.6. The van der Waals surface area contributed by atoms with Crippen LogP contribution in [-0.2, 0) is 4.74 Å². The third kappa shape index (κ3) is 3.98. The molecule has 0 spiro atoms. The normalized spacial score (nSPS) is 11.4. The average Bonchev–Trinajstić information content (AvgIpc) is 2.65. The van der Waals surface area contributed by atoms with Crippen LogP contribution in [0.5, 0.6) is 0 Å². The van der Waals surface area contributed by atoms with Crippen molar-refractivity contribution in [3.63, 3.8) is 0 Å². The lowest BCUT2D eigenvalue weighted by Gasteiger charge is -2.26. The maximum atomic E-state index is 12.7. The van der Waals surface area contributed by atoms with E-state index in [9.17, 15) is 14.4 Å². The molecule has 1 aromatic heterocycles. The van der Waals surface area contributed by atoms with E-state index in [0.717, 1.165) is 0 Å². The number of carbonyl (C=O) groups is 2. The number of carbonyl (C=O) groups excluding carboxylic acids is 2. The smallest absolute Gasteiger partial charge is 0.409 e. The van der Waals surface area contributed by atoms with Gasteiger partial charge in [-0.15, -0.1) is 0 Å². The van der Waals surface area contributed by atoms with Crippen molar-refractivity contribution in [2.75, 3.05) is 20.7 Å². The minimum absolute atomic E-state index is 0.0325. The number of rotatable bonds is 4. The molecule has 3 rings (SSSR count). The molecule has 0 saturated heterocycles. The zero-order valence-electron chi connectivity index (χ0n) is 16.3. The van der Waals surface area contributed by atoms with Gasteiger partial charge in [0.25, 0.3) is 5.91 Å². The molecule has 0 unspecified atom stereocenters. The molecule has 0 radical (unpaired) electrons. The van der Waals surface area contributed by atoms with Gasteiger partial charge in [-0.05, 0) is 44.2 Å². The largest absolute Gasteiger partial charge is 0.447 e. The third-order valence-corrected chi connectivity index (χ3v) is 4.34. The van der Waals surface area contributed by atoms with E-state index in [1.807, 2.05) is 18.2 Å². The van der Waals surface area contributed by atoms with Crippen LogP contribution in [-0.4, -0.2) is 48.1 Å². The molecule has 7 nitrogen and oxygen atoms in total. The second-order valence-electron chi connectivity index (χ2n) is 7.55. The highest BCUT2D eigenvalue weighted by Crippen LogP contribution is 2.17. The Morgan fingerprint density at radius 1 is 1.07 bits per heavy atom. The summed E-state index contributed by atoms with van der Waals surface area (Å²) in [7, 11) is 3.18. The van der Waals surface area contributed by atoms with Crippen LogP contribution in [0.1, 0.15) is 24.2 Å². The number of amides is 2. The number of aromatic amines is 1. The Morgan fingerprint density at radius 2 is 1.75 bits per heavy atom. The summed E-state index contributed by atoms with van der Waals surface area (Å²) < 4.78 is 5.16. The van der Waals surface area contributed by atoms with E-state index in [1.54, 1.807) is 52.2 Å².